The van der Waals surface area contributed by atoms with Crippen LogP contribution in [0.1, 0.15) is 70.8 Å². The lowest BCUT2D eigenvalue weighted by molar-refractivity contribution is -0.136. The Morgan fingerprint density at radius 1 is 1.00 bits per heavy atom. The van der Waals surface area contributed by atoms with Crippen molar-refractivity contribution in [3.8, 4) is 5.75 Å². The van der Waals surface area contributed by atoms with E-state index in [1.807, 2.05) is 36.5 Å². The van der Waals surface area contributed by atoms with Crippen LogP contribution >= 0.6 is 0 Å². The first-order valence-electron chi connectivity index (χ1n) is 19.5. The molecule has 4 amide bonds. The Morgan fingerprint density at radius 3 is 2.64 bits per heavy atom. The Bertz CT molecular complexity index is 2320. The second-order valence-electron chi connectivity index (χ2n) is 15.1. The minimum atomic E-state index is -0.600. The average molecular weight is 760 g/mol. The predicted octanol–water partition coefficient (Wildman–Crippen LogP) is 3.00. The number of hydrogen-bond donors (Lipinski definition) is 3. The molecule has 2 aromatic carbocycles. The number of aromatic nitrogens is 5. The molecule has 2 saturated heterocycles. The fourth-order valence-electron chi connectivity index (χ4n) is 8.66. The zero-order chi connectivity index (χ0) is 38.3. The predicted molar refractivity (Wildman–Crippen MR) is 208 cm³/mol. The fraction of sp³-hybridized carbons (Fsp3) is 0.425. The van der Waals surface area contributed by atoms with Crippen LogP contribution in [0.5, 0.6) is 5.75 Å². The summed E-state index contributed by atoms with van der Waals surface area (Å²) in [5, 5.41) is 19.1. The van der Waals surface area contributed by atoms with Gasteiger partial charge >= 0.3 is 0 Å². The van der Waals surface area contributed by atoms with E-state index in [0.29, 0.717) is 53.4 Å². The number of ether oxygens (including phenoxy) is 1. The lowest BCUT2D eigenvalue weighted by atomic mass is 9.91. The number of amides is 4. The van der Waals surface area contributed by atoms with E-state index in [1.165, 1.54) is 0 Å². The number of methoxy groups -OCH3 is 1. The fourth-order valence-corrected chi connectivity index (χ4v) is 8.66. The van der Waals surface area contributed by atoms with Crippen molar-refractivity contribution in [2.75, 3.05) is 56.6 Å². The molecule has 1 unspecified atom stereocenters. The van der Waals surface area contributed by atoms with Crippen LogP contribution in [0.15, 0.2) is 61.1 Å². The summed E-state index contributed by atoms with van der Waals surface area (Å²) < 4.78 is 9.25. The third kappa shape index (κ3) is 6.94. The number of nitrogens with one attached hydrogen (secondary N) is 3. The van der Waals surface area contributed by atoms with Crippen molar-refractivity contribution in [1.82, 2.24) is 44.8 Å². The van der Waals surface area contributed by atoms with Gasteiger partial charge in [-0.25, -0.2) is 4.98 Å². The van der Waals surface area contributed by atoms with E-state index in [9.17, 15) is 19.2 Å². The molecule has 3 aromatic heterocycles. The van der Waals surface area contributed by atoms with E-state index < -0.39 is 6.04 Å². The molecule has 3 fully saturated rings. The van der Waals surface area contributed by atoms with Crippen LogP contribution in [-0.4, -0.2) is 116 Å². The molecule has 3 N–H and O–H groups in total. The van der Waals surface area contributed by atoms with Crippen LogP contribution in [0.3, 0.4) is 0 Å². The summed E-state index contributed by atoms with van der Waals surface area (Å²) in [6, 6.07) is 13.4. The number of piperidine rings is 1. The first-order chi connectivity index (χ1) is 27.3. The zero-order valence-corrected chi connectivity index (χ0v) is 31.3. The Hall–Kier alpha value is -5.87. The SMILES string of the molecule is COc1cc2nn(C3CCC(NCCN4CCN(c5ccc6c(c5)CN(C5CCC(=O)NC5=O)C6=O)CC4)CC3)cc2cc1C(=O)Nc1cnc2cccnn12. The molecule has 1 aliphatic carbocycles. The largest absolute Gasteiger partial charge is 0.496 e. The number of fused-ring (bicyclic) bond motifs is 3. The van der Waals surface area contributed by atoms with Gasteiger partial charge in [-0.2, -0.15) is 14.7 Å². The lowest BCUT2D eigenvalue weighted by Gasteiger charge is -2.37. The molecule has 9 rings (SSSR count). The summed E-state index contributed by atoms with van der Waals surface area (Å²) in [5.74, 6) is -0.178. The third-order valence-electron chi connectivity index (χ3n) is 11.8. The van der Waals surface area contributed by atoms with Crippen LogP contribution in [-0.2, 0) is 16.1 Å². The van der Waals surface area contributed by atoms with E-state index in [-0.39, 0.29) is 30.0 Å². The number of imidazole rings is 1. The second kappa shape index (κ2) is 15.0. The van der Waals surface area contributed by atoms with E-state index in [1.54, 1.807) is 35.0 Å². The molecule has 290 valence electrons. The molecule has 16 heteroatoms. The summed E-state index contributed by atoms with van der Waals surface area (Å²) in [5.41, 5.74) is 4.53. The number of hydrogen-bond acceptors (Lipinski definition) is 11. The average Bonchev–Trinajstić information content (AvgIpc) is 3.92. The van der Waals surface area contributed by atoms with E-state index in [0.717, 1.165) is 87.1 Å². The van der Waals surface area contributed by atoms with Crippen LogP contribution in [0.2, 0.25) is 0 Å². The minimum absolute atomic E-state index is 0.140. The number of carbonyl (C=O) groups excluding carboxylic acids is 4. The Balaban J connectivity index is 0.733. The molecule has 4 aliphatic rings. The molecule has 0 spiro atoms. The number of rotatable bonds is 10. The molecule has 1 atom stereocenters. The van der Waals surface area contributed by atoms with Crippen LogP contribution in [0.4, 0.5) is 11.5 Å². The number of carbonyl (C=O) groups is 4. The van der Waals surface area contributed by atoms with Gasteiger partial charge in [0.1, 0.15) is 11.8 Å². The number of benzene rings is 2. The van der Waals surface area contributed by atoms with Gasteiger partial charge in [0.15, 0.2) is 11.5 Å². The zero-order valence-electron chi connectivity index (χ0n) is 31.3. The number of anilines is 2. The molecular formula is C40H45N11O5. The highest BCUT2D eigenvalue weighted by molar-refractivity contribution is 6.08. The van der Waals surface area contributed by atoms with Gasteiger partial charge in [-0.05, 0) is 74.1 Å². The first kappa shape index (κ1) is 35.8. The van der Waals surface area contributed by atoms with Crippen molar-refractivity contribution >= 4 is 51.7 Å². The van der Waals surface area contributed by atoms with Gasteiger partial charge in [-0.1, -0.05) is 0 Å². The summed E-state index contributed by atoms with van der Waals surface area (Å²) >= 11 is 0. The van der Waals surface area contributed by atoms with Gasteiger partial charge < -0.3 is 25.2 Å². The molecule has 0 bridgehead atoms. The van der Waals surface area contributed by atoms with E-state index in [2.05, 4.69) is 46.6 Å². The molecule has 1 saturated carbocycles. The van der Waals surface area contributed by atoms with Crippen molar-refractivity contribution in [3.63, 3.8) is 0 Å². The van der Waals surface area contributed by atoms with E-state index in [4.69, 9.17) is 9.84 Å². The van der Waals surface area contributed by atoms with Gasteiger partial charge in [0.2, 0.25) is 11.8 Å². The maximum absolute atomic E-state index is 13.4. The summed E-state index contributed by atoms with van der Waals surface area (Å²) in [4.78, 5) is 61.3. The Morgan fingerprint density at radius 2 is 1.84 bits per heavy atom. The first-order valence-corrected chi connectivity index (χ1v) is 19.5. The highest BCUT2D eigenvalue weighted by atomic mass is 16.5. The van der Waals surface area contributed by atoms with Crippen LogP contribution in [0, 0.1) is 0 Å². The maximum Gasteiger partial charge on any atom is 0.260 e. The van der Waals surface area contributed by atoms with Gasteiger partial charge in [0.05, 0.1) is 30.4 Å². The second-order valence-corrected chi connectivity index (χ2v) is 15.1. The monoisotopic (exact) mass is 759 g/mol. The topological polar surface area (TPSA) is 171 Å². The smallest absolute Gasteiger partial charge is 0.260 e. The molecule has 5 aromatic rings. The van der Waals surface area contributed by atoms with Gasteiger partial charge in [-0.3, -0.25) is 34.1 Å². The van der Waals surface area contributed by atoms with Gasteiger partial charge in [0.25, 0.3) is 11.8 Å². The van der Waals surface area contributed by atoms with Crippen LogP contribution < -0.4 is 25.6 Å². The normalized spacial score (nSPS) is 21.8. The van der Waals surface area contributed by atoms with Crippen molar-refractivity contribution in [2.45, 2.75) is 63.2 Å². The standard InChI is InChI=1S/C40H45N11O5/c1-56-34-21-32-26(20-31(34)38(53)44-36-22-42-35-3-2-12-43-51(35)36)24-50(46-32)28-6-4-27(5-7-28)41-13-14-47-15-17-48(18-16-47)29-8-9-30-25(19-29)23-49(40(30)55)33-10-11-37(52)45-39(33)54/h2-3,8-9,12,19-22,24,27-28,33,41H,4-7,10-11,13-18,23H2,1H3,(H,44,53)(H,45,52,54). The van der Waals surface area contributed by atoms with Crippen molar-refractivity contribution in [3.05, 3.63) is 77.7 Å². The van der Waals surface area contributed by atoms with Crippen molar-refractivity contribution < 1.29 is 23.9 Å². The highest BCUT2D eigenvalue weighted by Crippen LogP contribution is 2.33. The van der Waals surface area contributed by atoms with Gasteiger partial charge in [0, 0.05) is 93.4 Å². The molecule has 16 nitrogen and oxygen atoms in total. The third-order valence-corrected chi connectivity index (χ3v) is 11.8. The van der Waals surface area contributed by atoms with Crippen molar-refractivity contribution in [2.24, 2.45) is 0 Å². The molecule has 0 radical (unpaired) electrons. The molecule has 56 heavy (non-hydrogen) atoms. The summed E-state index contributed by atoms with van der Waals surface area (Å²) in [6.07, 6.45) is 10.1. The van der Waals surface area contributed by atoms with Crippen LogP contribution in [0.25, 0.3) is 16.6 Å². The molecule has 6 heterocycles. The molecular weight excluding hydrogens is 715 g/mol. The summed E-state index contributed by atoms with van der Waals surface area (Å²) in [6.45, 7) is 6.06. The maximum atomic E-state index is 13.4. The number of nitrogens with zero attached hydrogens (tertiary/aromatic N) is 8. The highest BCUT2D eigenvalue weighted by Gasteiger charge is 2.39. The summed E-state index contributed by atoms with van der Waals surface area (Å²) in [7, 11) is 1.56. The Labute approximate surface area is 323 Å². The lowest BCUT2D eigenvalue weighted by Crippen LogP contribution is -2.52. The number of imide groups is 1. The van der Waals surface area contributed by atoms with Gasteiger partial charge in [-0.15, -0.1) is 0 Å². The number of piperazine rings is 1. The van der Waals surface area contributed by atoms with E-state index >= 15 is 0 Å². The van der Waals surface area contributed by atoms with Crippen molar-refractivity contribution in [1.29, 1.82) is 0 Å². The Kier molecular flexibility index (Phi) is 9.59. The quantitative estimate of drug-likeness (QED) is 0.179. The minimum Gasteiger partial charge on any atom is -0.496 e. The molecule has 3 aliphatic heterocycles.